The largest absolute Gasteiger partial charge is 0.336 e. The van der Waals surface area contributed by atoms with E-state index in [2.05, 4.69) is 26.1 Å². The molecule has 0 radical (unpaired) electrons. The Hall–Kier alpha value is -1.89. The zero-order chi connectivity index (χ0) is 19.4. The van der Waals surface area contributed by atoms with E-state index in [1.54, 1.807) is 24.3 Å². The van der Waals surface area contributed by atoms with Crippen LogP contribution in [0.1, 0.15) is 17.3 Å². The molecule has 1 aliphatic rings. The van der Waals surface area contributed by atoms with E-state index in [-0.39, 0.29) is 17.9 Å². The molecule has 2 aromatic rings. The van der Waals surface area contributed by atoms with Crippen molar-refractivity contribution in [1.29, 1.82) is 0 Å². The van der Waals surface area contributed by atoms with Crippen LogP contribution in [0, 0.1) is 0 Å². The summed E-state index contributed by atoms with van der Waals surface area (Å²) in [6.07, 6.45) is 0. The number of anilines is 1. The average molecular weight is 451 g/mol. The van der Waals surface area contributed by atoms with Crippen LogP contribution in [0.2, 0.25) is 5.02 Å². The van der Waals surface area contributed by atoms with Crippen molar-refractivity contribution in [3.05, 3.63) is 63.6 Å². The SMILES string of the molecule is CC(C(=O)Nc1cccc(Br)c1)N1CCN(C(=O)c2ccc(Cl)cc2)CC1. The summed E-state index contributed by atoms with van der Waals surface area (Å²) in [7, 11) is 0. The summed E-state index contributed by atoms with van der Waals surface area (Å²) in [6, 6.07) is 14.2. The molecule has 1 atom stereocenters. The van der Waals surface area contributed by atoms with Crippen molar-refractivity contribution in [3.63, 3.8) is 0 Å². The van der Waals surface area contributed by atoms with Gasteiger partial charge in [0, 0.05) is 46.9 Å². The summed E-state index contributed by atoms with van der Waals surface area (Å²) in [5.41, 5.74) is 1.39. The number of rotatable bonds is 4. The lowest BCUT2D eigenvalue weighted by atomic mass is 10.1. The van der Waals surface area contributed by atoms with Gasteiger partial charge in [-0.3, -0.25) is 14.5 Å². The first-order valence-electron chi connectivity index (χ1n) is 8.79. The van der Waals surface area contributed by atoms with E-state index in [0.717, 1.165) is 10.2 Å². The van der Waals surface area contributed by atoms with Crippen molar-refractivity contribution < 1.29 is 9.59 Å². The van der Waals surface area contributed by atoms with Gasteiger partial charge in [0.05, 0.1) is 6.04 Å². The predicted molar refractivity (Wildman–Crippen MR) is 111 cm³/mol. The number of amides is 2. The minimum absolute atomic E-state index is 0.00226. The smallest absolute Gasteiger partial charge is 0.253 e. The molecule has 0 spiro atoms. The molecule has 0 saturated carbocycles. The molecule has 0 bridgehead atoms. The van der Waals surface area contributed by atoms with Crippen molar-refractivity contribution in [2.75, 3.05) is 31.5 Å². The van der Waals surface area contributed by atoms with Crippen LogP contribution in [0.4, 0.5) is 5.69 Å². The van der Waals surface area contributed by atoms with Gasteiger partial charge in [0.25, 0.3) is 5.91 Å². The molecule has 1 N–H and O–H groups in total. The van der Waals surface area contributed by atoms with Gasteiger partial charge < -0.3 is 10.2 Å². The number of benzene rings is 2. The van der Waals surface area contributed by atoms with E-state index in [4.69, 9.17) is 11.6 Å². The lowest BCUT2D eigenvalue weighted by Crippen LogP contribution is -2.54. The molecule has 27 heavy (non-hydrogen) atoms. The molecule has 2 amide bonds. The molecule has 0 aliphatic carbocycles. The van der Waals surface area contributed by atoms with Crippen LogP contribution in [-0.2, 0) is 4.79 Å². The molecule has 1 fully saturated rings. The molecule has 0 aromatic heterocycles. The van der Waals surface area contributed by atoms with Crippen molar-refractivity contribution in [2.45, 2.75) is 13.0 Å². The number of hydrogen-bond donors (Lipinski definition) is 1. The van der Waals surface area contributed by atoms with E-state index < -0.39 is 0 Å². The number of carbonyl (C=O) groups is 2. The fourth-order valence-electron chi connectivity index (χ4n) is 3.07. The fourth-order valence-corrected chi connectivity index (χ4v) is 3.59. The summed E-state index contributed by atoms with van der Waals surface area (Å²) in [6.45, 7) is 4.40. The quantitative estimate of drug-likeness (QED) is 0.769. The van der Waals surface area contributed by atoms with Crippen LogP contribution in [0.15, 0.2) is 53.0 Å². The first-order chi connectivity index (χ1) is 12.9. The maximum absolute atomic E-state index is 12.6. The Morgan fingerprint density at radius 1 is 1.07 bits per heavy atom. The topological polar surface area (TPSA) is 52.7 Å². The monoisotopic (exact) mass is 449 g/mol. The van der Waals surface area contributed by atoms with Crippen LogP contribution in [0.5, 0.6) is 0 Å². The number of nitrogens with one attached hydrogen (secondary N) is 1. The molecule has 3 rings (SSSR count). The molecule has 1 aliphatic heterocycles. The summed E-state index contributed by atoms with van der Waals surface area (Å²) >= 11 is 9.28. The number of carbonyl (C=O) groups excluding carboxylic acids is 2. The van der Waals surface area contributed by atoms with Crippen LogP contribution in [0.25, 0.3) is 0 Å². The highest BCUT2D eigenvalue weighted by Crippen LogP contribution is 2.17. The lowest BCUT2D eigenvalue weighted by Gasteiger charge is -2.37. The van der Waals surface area contributed by atoms with Crippen LogP contribution in [-0.4, -0.2) is 53.8 Å². The number of nitrogens with zero attached hydrogens (tertiary/aromatic N) is 2. The van der Waals surface area contributed by atoms with Crippen molar-refractivity contribution in [1.82, 2.24) is 9.80 Å². The summed E-state index contributed by atoms with van der Waals surface area (Å²) < 4.78 is 0.919. The van der Waals surface area contributed by atoms with Gasteiger partial charge >= 0.3 is 0 Å². The van der Waals surface area contributed by atoms with E-state index in [0.29, 0.717) is 36.8 Å². The molecule has 142 valence electrons. The Morgan fingerprint density at radius 3 is 2.37 bits per heavy atom. The van der Waals surface area contributed by atoms with E-state index in [1.165, 1.54) is 0 Å². The average Bonchev–Trinajstić information content (AvgIpc) is 2.67. The molecule has 1 saturated heterocycles. The summed E-state index contributed by atoms with van der Waals surface area (Å²) in [4.78, 5) is 29.0. The third-order valence-corrected chi connectivity index (χ3v) is 5.46. The summed E-state index contributed by atoms with van der Waals surface area (Å²) in [5, 5.41) is 3.55. The Kier molecular flexibility index (Phi) is 6.52. The zero-order valence-corrected chi connectivity index (χ0v) is 17.3. The Balaban J connectivity index is 1.54. The predicted octanol–water partition coefficient (Wildman–Crippen LogP) is 3.89. The van der Waals surface area contributed by atoms with Crippen molar-refractivity contribution >= 4 is 45.0 Å². The van der Waals surface area contributed by atoms with Gasteiger partial charge in [-0.15, -0.1) is 0 Å². The molecular weight excluding hydrogens is 430 g/mol. The maximum atomic E-state index is 12.6. The zero-order valence-electron chi connectivity index (χ0n) is 15.0. The maximum Gasteiger partial charge on any atom is 0.253 e. The fraction of sp³-hybridized carbons (Fsp3) is 0.300. The van der Waals surface area contributed by atoms with E-state index in [1.807, 2.05) is 36.1 Å². The Bertz CT molecular complexity index is 820. The molecule has 2 aromatic carbocycles. The van der Waals surface area contributed by atoms with Crippen LogP contribution in [0.3, 0.4) is 0 Å². The van der Waals surface area contributed by atoms with Gasteiger partial charge in [-0.1, -0.05) is 33.6 Å². The Labute approximate surface area is 172 Å². The first-order valence-corrected chi connectivity index (χ1v) is 9.96. The third kappa shape index (κ3) is 5.09. The highest BCUT2D eigenvalue weighted by atomic mass is 79.9. The van der Waals surface area contributed by atoms with E-state index >= 15 is 0 Å². The second-order valence-electron chi connectivity index (χ2n) is 6.51. The van der Waals surface area contributed by atoms with Gasteiger partial charge in [0.1, 0.15) is 0 Å². The highest BCUT2D eigenvalue weighted by molar-refractivity contribution is 9.10. The molecule has 7 heteroatoms. The first kappa shape index (κ1) is 19.9. The molecular formula is C20H21BrClN3O2. The van der Waals surface area contributed by atoms with Gasteiger partial charge in [-0.2, -0.15) is 0 Å². The standard InChI is InChI=1S/C20H21BrClN3O2/c1-14(19(26)23-18-4-2-3-16(21)13-18)24-9-11-25(12-10-24)20(27)15-5-7-17(22)8-6-15/h2-8,13-14H,9-12H2,1H3,(H,23,26). The van der Waals surface area contributed by atoms with Crippen molar-refractivity contribution in [3.8, 4) is 0 Å². The van der Waals surface area contributed by atoms with Gasteiger partial charge in [0.15, 0.2) is 0 Å². The molecule has 5 nitrogen and oxygen atoms in total. The highest BCUT2D eigenvalue weighted by Gasteiger charge is 2.28. The molecule has 1 unspecified atom stereocenters. The van der Waals surface area contributed by atoms with Gasteiger partial charge in [-0.25, -0.2) is 0 Å². The number of piperazine rings is 1. The molecule has 1 heterocycles. The van der Waals surface area contributed by atoms with Gasteiger partial charge in [0.2, 0.25) is 5.91 Å². The van der Waals surface area contributed by atoms with Crippen LogP contribution >= 0.6 is 27.5 Å². The van der Waals surface area contributed by atoms with Crippen LogP contribution < -0.4 is 5.32 Å². The summed E-state index contributed by atoms with van der Waals surface area (Å²) in [5.74, 6) is -0.0527. The minimum Gasteiger partial charge on any atom is -0.336 e. The lowest BCUT2D eigenvalue weighted by molar-refractivity contribution is -0.121. The second kappa shape index (κ2) is 8.87. The normalized spacial score (nSPS) is 16.0. The van der Waals surface area contributed by atoms with E-state index in [9.17, 15) is 9.59 Å². The van der Waals surface area contributed by atoms with Gasteiger partial charge in [-0.05, 0) is 49.4 Å². The second-order valence-corrected chi connectivity index (χ2v) is 7.86. The number of hydrogen-bond acceptors (Lipinski definition) is 3. The number of halogens is 2. The Morgan fingerprint density at radius 2 is 1.74 bits per heavy atom. The van der Waals surface area contributed by atoms with Crippen molar-refractivity contribution in [2.24, 2.45) is 0 Å². The minimum atomic E-state index is -0.267. The third-order valence-electron chi connectivity index (χ3n) is 4.71.